The molecule has 1 aromatic rings. The highest BCUT2D eigenvalue weighted by Crippen LogP contribution is 1.91. The summed E-state index contributed by atoms with van der Waals surface area (Å²) in [7, 11) is 0. The molecule has 0 atom stereocenters. The normalized spacial score (nSPS) is 9.33. The minimum atomic E-state index is 0.919. The second-order valence-electron chi connectivity index (χ2n) is 1.74. The van der Waals surface area contributed by atoms with Crippen LogP contribution in [0.4, 0.5) is 0 Å². The van der Waals surface area contributed by atoms with Crippen LogP contribution >= 0.6 is 12.2 Å². The van der Waals surface area contributed by atoms with Crippen LogP contribution in [0.5, 0.6) is 0 Å². The number of hydrogen-bond acceptors (Lipinski definition) is 2. The highest BCUT2D eigenvalue weighted by atomic mass is 32.1. The van der Waals surface area contributed by atoms with Gasteiger partial charge in [0.1, 0.15) is 5.82 Å². The summed E-state index contributed by atoms with van der Waals surface area (Å²) in [4.78, 5) is 7.03. The van der Waals surface area contributed by atoms with Gasteiger partial charge in [0, 0.05) is 18.8 Å². The van der Waals surface area contributed by atoms with Crippen LogP contribution in [0, 0.1) is 0 Å². The summed E-state index contributed by atoms with van der Waals surface area (Å²) in [6, 6.07) is 0. The van der Waals surface area contributed by atoms with Crippen molar-refractivity contribution in [2.45, 2.75) is 12.8 Å². The predicted octanol–water partition coefficient (Wildman–Crippen LogP) is 1.34. The summed E-state index contributed by atoms with van der Waals surface area (Å²) >= 11 is 4.66. The van der Waals surface area contributed by atoms with Gasteiger partial charge in [0.15, 0.2) is 0 Å². The van der Waals surface area contributed by atoms with Gasteiger partial charge in [-0.2, -0.15) is 0 Å². The quantitative estimate of drug-likeness (QED) is 0.642. The number of nitrogens with zero attached hydrogens (tertiary/aromatic N) is 1. The minimum absolute atomic E-state index is 0.919. The van der Waals surface area contributed by atoms with E-state index in [1.165, 1.54) is 0 Å². The third-order valence-electron chi connectivity index (χ3n) is 1.05. The summed E-state index contributed by atoms with van der Waals surface area (Å²) < 4.78 is 0. The number of hydrogen-bond donors (Lipinski definition) is 1. The van der Waals surface area contributed by atoms with Crippen molar-refractivity contribution < 1.29 is 0 Å². The van der Waals surface area contributed by atoms with E-state index in [9.17, 15) is 0 Å². The molecule has 1 heterocycles. The Labute approximate surface area is 59.3 Å². The molecule has 0 radical (unpaired) electrons. The molecule has 0 bridgehead atoms. The Balaban J connectivity index is 2.38. The maximum atomic E-state index is 4.66. The lowest BCUT2D eigenvalue weighted by Crippen LogP contribution is -1.86. The van der Waals surface area contributed by atoms with Crippen LogP contribution in [0.25, 0.3) is 0 Å². The third kappa shape index (κ3) is 1.93. The van der Waals surface area contributed by atoms with Crippen molar-refractivity contribution >= 4 is 17.6 Å². The van der Waals surface area contributed by atoms with E-state index in [4.69, 9.17) is 0 Å². The summed E-state index contributed by atoms with van der Waals surface area (Å²) in [5, 5.41) is 1.72. The molecule has 3 heteroatoms. The molecule has 2 nitrogen and oxygen atoms in total. The van der Waals surface area contributed by atoms with Gasteiger partial charge in [-0.1, -0.05) is 12.2 Å². The van der Waals surface area contributed by atoms with Crippen molar-refractivity contribution in [1.82, 2.24) is 9.97 Å². The summed E-state index contributed by atoms with van der Waals surface area (Å²) in [6.07, 6.45) is 5.41. The van der Waals surface area contributed by atoms with Gasteiger partial charge in [-0.05, 0) is 11.8 Å². The maximum absolute atomic E-state index is 4.66. The van der Waals surface area contributed by atoms with Gasteiger partial charge in [-0.3, -0.25) is 0 Å². The topological polar surface area (TPSA) is 28.7 Å². The van der Waals surface area contributed by atoms with Crippen LogP contribution in [0.2, 0.25) is 0 Å². The van der Waals surface area contributed by atoms with Gasteiger partial charge in [-0.25, -0.2) is 4.98 Å². The lowest BCUT2D eigenvalue weighted by molar-refractivity contribution is 0.948. The van der Waals surface area contributed by atoms with Crippen LogP contribution < -0.4 is 0 Å². The van der Waals surface area contributed by atoms with Gasteiger partial charge in [0.05, 0.1) is 0 Å². The zero-order chi connectivity index (χ0) is 6.53. The van der Waals surface area contributed by atoms with Crippen LogP contribution in [0.3, 0.4) is 0 Å². The van der Waals surface area contributed by atoms with E-state index in [0.29, 0.717) is 0 Å². The average Bonchev–Trinajstić information content (AvgIpc) is 2.34. The molecule has 9 heavy (non-hydrogen) atoms. The molecule has 0 spiro atoms. The van der Waals surface area contributed by atoms with Gasteiger partial charge < -0.3 is 4.98 Å². The van der Waals surface area contributed by atoms with Gasteiger partial charge in [-0.15, -0.1) is 0 Å². The van der Waals surface area contributed by atoms with Crippen molar-refractivity contribution in [3.05, 3.63) is 18.2 Å². The molecule has 1 rings (SSSR count). The molecule has 48 valence electrons. The zero-order valence-corrected chi connectivity index (χ0v) is 5.82. The molecule has 0 unspecified atom stereocenters. The smallest absolute Gasteiger partial charge is 0.106 e. The number of nitrogens with one attached hydrogen (secondary N) is 1. The first-order chi connectivity index (χ1) is 4.43. The Kier molecular flexibility index (Phi) is 2.39. The number of thiocarbonyl (C=S) groups is 1. The van der Waals surface area contributed by atoms with Crippen molar-refractivity contribution in [2.75, 3.05) is 0 Å². The highest BCUT2D eigenvalue weighted by Gasteiger charge is 1.89. The molecule has 0 saturated carbocycles. The summed E-state index contributed by atoms with van der Waals surface area (Å²) in [6.45, 7) is 0. The maximum Gasteiger partial charge on any atom is 0.106 e. The van der Waals surface area contributed by atoms with Crippen molar-refractivity contribution in [1.29, 1.82) is 0 Å². The van der Waals surface area contributed by atoms with E-state index in [-0.39, 0.29) is 0 Å². The third-order valence-corrected chi connectivity index (χ3v) is 1.29. The second kappa shape index (κ2) is 3.35. The standard InChI is InChI=1S/C6H8N2S/c9-5-1-2-6-7-3-4-8-6/h3-5H,1-2H2,(H,7,8). The van der Waals surface area contributed by atoms with Gasteiger partial charge in [0.25, 0.3) is 0 Å². The molecule has 0 amide bonds. The van der Waals surface area contributed by atoms with E-state index in [0.717, 1.165) is 18.7 Å². The van der Waals surface area contributed by atoms with Crippen molar-refractivity contribution in [3.63, 3.8) is 0 Å². The number of imidazole rings is 1. The lowest BCUT2D eigenvalue weighted by Gasteiger charge is -1.86. The zero-order valence-electron chi connectivity index (χ0n) is 5.00. The van der Waals surface area contributed by atoms with Crippen LogP contribution in [-0.4, -0.2) is 15.3 Å². The number of H-pyrrole nitrogens is 1. The van der Waals surface area contributed by atoms with E-state index >= 15 is 0 Å². The number of aromatic nitrogens is 2. The number of rotatable bonds is 3. The minimum Gasteiger partial charge on any atom is -0.349 e. The lowest BCUT2D eigenvalue weighted by atomic mass is 10.3. The molecular formula is C6H8N2S. The van der Waals surface area contributed by atoms with Crippen LogP contribution in [-0.2, 0) is 6.42 Å². The van der Waals surface area contributed by atoms with Crippen molar-refractivity contribution in [2.24, 2.45) is 0 Å². The van der Waals surface area contributed by atoms with E-state index < -0.39 is 0 Å². The second-order valence-corrected chi connectivity index (χ2v) is 2.07. The fourth-order valence-electron chi connectivity index (χ4n) is 0.630. The molecule has 0 aromatic carbocycles. The number of aryl methyl sites for hydroxylation is 1. The number of aromatic amines is 1. The Morgan fingerprint density at radius 1 is 1.78 bits per heavy atom. The predicted molar refractivity (Wildman–Crippen MR) is 40.6 cm³/mol. The monoisotopic (exact) mass is 140 g/mol. The fourth-order valence-corrected chi connectivity index (χ4v) is 0.748. The van der Waals surface area contributed by atoms with E-state index in [1.54, 1.807) is 11.6 Å². The molecule has 1 N–H and O–H groups in total. The first kappa shape index (κ1) is 6.42. The van der Waals surface area contributed by atoms with Gasteiger partial charge in [0.2, 0.25) is 0 Å². The average molecular weight is 140 g/mol. The first-order valence-corrected chi connectivity index (χ1v) is 3.32. The van der Waals surface area contributed by atoms with Crippen molar-refractivity contribution in [3.8, 4) is 0 Å². The van der Waals surface area contributed by atoms with E-state index in [2.05, 4.69) is 22.2 Å². The van der Waals surface area contributed by atoms with Crippen LogP contribution in [0.15, 0.2) is 12.4 Å². The molecular weight excluding hydrogens is 132 g/mol. The Morgan fingerprint density at radius 3 is 3.22 bits per heavy atom. The Bertz CT molecular complexity index is 169. The molecule has 1 aromatic heterocycles. The summed E-state index contributed by atoms with van der Waals surface area (Å²) in [5.74, 6) is 1.01. The highest BCUT2D eigenvalue weighted by molar-refractivity contribution is 7.78. The largest absolute Gasteiger partial charge is 0.349 e. The molecule has 0 fully saturated rings. The Morgan fingerprint density at radius 2 is 2.67 bits per heavy atom. The fraction of sp³-hybridized carbons (Fsp3) is 0.333. The van der Waals surface area contributed by atoms with Gasteiger partial charge >= 0.3 is 0 Å². The molecule has 0 aliphatic rings. The molecule has 0 saturated heterocycles. The Hall–Kier alpha value is -0.700. The summed E-state index contributed by atoms with van der Waals surface area (Å²) in [5.41, 5.74) is 0. The van der Waals surface area contributed by atoms with E-state index in [1.807, 2.05) is 6.20 Å². The molecule has 0 aliphatic heterocycles. The molecule has 0 aliphatic carbocycles. The first-order valence-electron chi connectivity index (χ1n) is 2.85. The van der Waals surface area contributed by atoms with Crippen LogP contribution in [0.1, 0.15) is 12.2 Å². The SMILES string of the molecule is S=CCCc1ncc[nH]1.